The van der Waals surface area contributed by atoms with Crippen LogP contribution in [0.3, 0.4) is 0 Å². The van der Waals surface area contributed by atoms with E-state index in [4.69, 9.17) is 0 Å². The van der Waals surface area contributed by atoms with Crippen molar-refractivity contribution < 1.29 is 4.79 Å². The van der Waals surface area contributed by atoms with Gasteiger partial charge in [-0.25, -0.2) is 0 Å². The molecule has 2 atom stereocenters. The Hall–Kier alpha value is -1.87. The predicted octanol–water partition coefficient (Wildman–Crippen LogP) is 2.45. The molecule has 2 heterocycles. The van der Waals surface area contributed by atoms with Gasteiger partial charge in [0.05, 0.1) is 6.42 Å². The average molecular weight is 294 g/mol. The highest BCUT2D eigenvalue weighted by Crippen LogP contribution is 2.27. The van der Waals surface area contributed by atoms with Gasteiger partial charge in [-0.3, -0.25) is 4.79 Å². The number of fused-ring (bicyclic) bond motifs is 2. The molecule has 2 aliphatic heterocycles. The first-order valence-electron chi connectivity index (χ1n) is 8.26. The molecule has 4 rings (SSSR count). The molecule has 3 heteroatoms. The number of likely N-dealkylation sites (tertiary alicyclic amines) is 1. The van der Waals surface area contributed by atoms with Crippen molar-refractivity contribution in [2.45, 2.75) is 12.8 Å². The molecule has 0 spiro atoms. The molecule has 1 amide bonds. The lowest BCUT2D eigenvalue weighted by atomic mass is 9.88. The zero-order valence-corrected chi connectivity index (χ0v) is 12.8. The number of benzene rings is 2. The monoisotopic (exact) mass is 294 g/mol. The molecule has 2 aromatic rings. The van der Waals surface area contributed by atoms with Gasteiger partial charge in [0.15, 0.2) is 0 Å². The van der Waals surface area contributed by atoms with Crippen molar-refractivity contribution in [2.24, 2.45) is 11.8 Å². The normalized spacial score (nSPS) is 24.5. The summed E-state index contributed by atoms with van der Waals surface area (Å²) in [7, 11) is 0. The Balaban J connectivity index is 1.46. The molecular weight excluding hydrogens is 272 g/mol. The molecule has 114 valence electrons. The van der Waals surface area contributed by atoms with E-state index in [0.29, 0.717) is 12.3 Å². The fourth-order valence-corrected chi connectivity index (χ4v) is 3.90. The Bertz CT molecular complexity index is 697. The molecule has 0 aromatic heterocycles. The van der Waals surface area contributed by atoms with Gasteiger partial charge in [0, 0.05) is 13.1 Å². The van der Waals surface area contributed by atoms with Crippen molar-refractivity contribution in [3.63, 3.8) is 0 Å². The van der Waals surface area contributed by atoms with Crippen LogP contribution in [0, 0.1) is 11.8 Å². The van der Waals surface area contributed by atoms with E-state index in [9.17, 15) is 4.79 Å². The molecule has 1 N–H and O–H groups in total. The second-order valence-corrected chi connectivity index (χ2v) is 6.67. The first-order chi connectivity index (χ1) is 10.8. The number of carbonyl (C=O) groups is 1. The van der Waals surface area contributed by atoms with Crippen molar-refractivity contribution >= 4 is 16.7 Å². The molecule has 2 aliphatic rings. The second kappa shape index (κ2) is 5.73. The maximum Gasteiger partial charge on any atom is 0.226 e. The topological polar surface area (TPSA) is 32.3 Å². The number of rotatable bonds is 2. The molecule has 0 saturated carbocycles. The molecule has 0 aliphatic carbocycles. The minimum absolute atomic E-state index is 0.278. The quantitative estimate of drug-likeness (QED) is 0.923. The van der Waals surface area contributed by atoms with Gasteiger partial charge in [0.2, 0.25) is 5.91 Å². The van der Waals surface area contributed by atoms with E-state index in [1.807, 2.05) is 12.1 Å². The van der Waals surface area contributed by atoms with E-state index < -0.39 is 0 Å². The van der Waals surface area contributed by atoms with Crippen molar-refractivity contribution in [1.82, 2.24) is 10.2 Å². The Kier molecular flexibility index (Phi) is 3.59. The summed E-state index contributed by atoms with van der Waals surface area (Å²) in [6, 6.07) is 14.7. The maximum atomic E-state index is 12.6. The lowest BCUT2D eigenvalue weighted by Crippen LogP contribution is -2.44. The molecule has 2 fully saturated rings. The highest BCUT2D eigenvalue weighted by molar-refractivity contribution is 5.85. The van der Waals surface area contributed by atoms with Crippen LogP contribution in [0.1, 0.15) is 12.0 Å². The van der Waals surface area contributed by atoms with E-state index in [1.54, 1.807) is 0 Å². The number of nitrogens with one attached hydrogen (secondary N) is 1. The molecule has 3 nitrogen and oxygen atoms in total. The van der Waals surface area contributed by atoms with Crippen LogP contribution in [0.2, 0.25) is 0 Å². The van der Waals surface area contributed by atoms with Crippen LogP contribution < -0.4 is 5.32 Å². The minimum Gasteiger partial charge on any atom is -0.342 e. The highest BCUT2D eigenvalue weighted by Gasteiger charge is 2.34. The summed E-state index contributed by atoms with van der Waals surface area (Å²) in [4.78, 5) is 14.7. The summed E-state index contributed by atoms with van der Waals surface area (Å²) in [6.07, 6.45) is 1.68. The third-order valence-corrected chi connectivity index (χ3v) is 5.23. The van der Waals surface area contributed by atoms with E-state index in [1.165, 1.54) is 10.8 Å². The number of amides is 1. The summed E-state index contributed by atoms with van der Waals surface area (Å²) in [5.41, 5.74) is 1.12. The van der Waals surface area contributed by atoms with Crippen molar-refractivity contribution in [3.05, 3.63) is 48.0 Å². The van der Waals surface area contributed by atoms with E-state index in [-0.39, 0.29) is 5.91 Å². The lowest BCUT2D eigenvalue weighted by Gasteiger charge is -2.34. The van der Waals surface area contributed by atoms with Crippen LogP contribution in [-0.2, 0) is 11.2 Å². The average Bonchev–Trinajstić information content (AvgIpc) is 3.02. The molecule has 2 saturated heterocycles. The Labute approximate surface area is 131 Å². The summed E-state index contributed by atoms with van der Waals surface area (Å²) < 4.78 is 0. The first-order valence-corrected chi connectivity index (χ1v) is 8.26. The zero-order valence-electron chi connectivity index (χ0n) is 12.8. The molecule has 2 aromatic carbocycles. The number of nitrogens with zero attached hydrogens (tertiary/aromatic N) is 1. The second-order valence-electron chi connectivity index (χ2n) is 6.67. The zero-order chi connectivity index (χ0) is 14.9. The summed E-state index contributed by atoms with van der Waals surface area (Å²) in [5.74, 6) is 1.72. The summed E-state index contributed by atoms with van der Waals surface area (Å²) in [6.45, 7) is 4.07. The molecular formula is C19H22N2O. The minimum atomic E-state index is 0.278. The molecule has 0 radical (unpaired) electrons. The SMILES string of the molecule is O=C(Cc1ccc2ccccc2c1)N1CCC2CNCC2C1. The van der Waals surface area contributed by atoms with Gasteiger partial charge in [-0.1, -0.05) is 42.5 Å². The van der Waals surface area contributed by atoms with Gasteiger partial charge >= 0.3 is 0 Å². The third-order valence-electron chi connectivity index (χ3n) is 5.23. The van der Waals surface area contributed by atoms with Crippen LogP contribution in [0.4, 0.5) is 0 Å². The highest BCUT2D eigenvalue weighted by atomic mass is 16.2. The van der Waals surface area contributed by atoms with Crippen LogP contribution in [0.15, 0.2) is 42.5 Å². The smallest absolute Gasteiger partial charge is 0.226 e. The standard InChI is InChI=1S/C19H22N2O/c22-19(21-8-7-17-11-20-12-18(17)13-21)10-14-5-6-15-3-1-2-4-16(15)9-14/h1-6,9,17-18,20H,7-8,10-13H2. The van der Waals surface area contributed by atoms with Crippen molar-refractivity contribution in [1.29, 1.82) is 0 Å². The van der Waals surface area contributed by atoms with Crippen LogP contribution in [0.25, 0.3) is 10.8 Å². The number of carbonyl (C=O) groups excluding carboxylic acids is 1. The molecule has 2 unspecified atom stereocenters. The fraction of sp³-hybridized carbons (Fsp3) is 0.421. The van der Waals surface area contributed by atoms with Gasteiger partial charge in [0.25, 0.3) is 0 Å². The van der Waals surface area contributed by atoms with Crippen molar-refractivity contribution in [3.8, 4) is 0 Å². The van der Waals surface area contributed by atoms with Gasteiger partial charge < -0.3 is 10.2 Å². The van der Waals surface area contributed by atoms with Gasteiger partial charge in [0.1, 0.15) is 0 Å². The molecule has 22 heavy (non-hydrogen) atoms. The van der Waals surface area contributed by atoms with E-state index >= 15 is 0 Å². The van der Waals surface area contributed by atoms with Crippen LogP contribution >= 0.6 is 0 Å². The van der Waals surface area contributed by atoms with Gasteiger partial charge in [-0.15, -0.1) is 0 Å². The van der Waals surface area contributed by atoms with Gasteiger partial charge in [-0.05, 0) is 47.7 Å². The molecule has 0 bridgehead atoms. The number of hydrogen-bond acceptors (Lipinski definition) is 2. The Morgan fingerprint density at radius 2 is 1.91 bits per heavy atom. The van der Waals surface area contributed by atoms with Crippen LogP contribution in [-0.4, -0.2) is 37.0 Å². The fourth-order valence-electron chi connectivity index (χ4n) is 3.90. The lowest BCUT2D eigenvalue weighted by molar-refractivity contribution is -0.132. The van der Waals surface area contributed by atoms with Crippen molar-refractivity contribution in [2.75, 3.05) is 26.2 Å². The predicted molar refractivity (Wildman–Crippen MR) is 88.7 cm³/mol. The number of piperidine rings is 1. The Morgan fingerprint density at radius 3 is 2.82 bits per heavy atom. The first kappa shape index (κ1) is 13.8. The van der Waals surface area contributed by atoms with E-state index in [2.05, 4.69) is 40.5 Å². The summed E-state index contributed by atoms with van der Waals surface area (Å²) >= 11 is 0. The van der Waals surface area contributed by atoms with E-state index in [0.717, 1.165) is 44.1 Å². The Morgan fingerprint density at radius 1 is 1.09 bits per heavy atom. The van der Waals surface area contributed by atoms with Crippen LogP contribution in [0.5, 0.6) is 0 Å². The third kappa shape index (κ3) is 2.61. The van der Waals surface area contributed by atoms with Gasteiger partial charge in [-0.2, -0.15) is 0 Å². The largest absolute Gasteiger partial charge is 0.342 e. The number of hydrogen-bond donors (Lipinski definition) is 1. The summed E-state index contributed by atoms with van der Waals surface area (Å²) in [5, 5.41) is 5.90. The maximum absolute atomic E-state index is 12.6.